The second kappa shape index (κ2) is 4.09. The Morgan fingerprint density at radius 2 is 1.88 bits per heavy atom. The van der Waals surface area contributed by atoms with Crippen molar-refractivity contribution in [2.24, 2.45) is 0 Å². The number of hydrogen-bond donors (Lipinski definition) is 1. The summed E-state index contributed by atoms with van der Waals surface area (Å²) in [5.74, 6) is 0. The molecular weight excluding hydrogens is 350 g/mol. The first-order chi connectivity index (χ1) is 7.74. The zero-order valence-electron chi connectivity index (χ0n) is 8.13. The Bertz CT molecular complexity index is 569. The van der Waals surface area contributed by atoms with Gasteiger partial charge in [-0.1, -0.05) is 33.8 Å². The van der Waals surface area contributed by atoms with Crippen LogP contribution in [0.25, 0.3) is 0 Å². The molecule has 1 N–H and O–H groups in total. The third kappa shape index (κ3) is 1.79. The lowest BCUT2D eigenvalue weighted by Gasteiger charge is -2.21. The van der Waals surface area contributed by atoms with Crippen LogP contribution in [0.5, 0.6) is 0 Å². The predicted octanol–water partition coefficient (Wildman–Crippen LogP) is 5.42. The predicted molar refractivity (Wildman–Crippen MR) is 75.7 cm³/mol. The van der Waals surface area contributed by atoms with Crippen molar-refractivity contribution in [2.75, 3.05) is 5.32 Å². The number of halogens is 2. The zero-order valence-corrected chi connectivity index (χ0v) is 12.1. The molecule has 1 aliphatic rings. The van der Waals surface area contributed by atoms with Gasteiger partial charge in [-0.2, -0.15) is 0 Å². The number of nitrogens with one attached hydrogen (secondary N) is 1. The summed E-state index contributed by atoms with van der Waals surface area (Å²) in [7, 11) is 0. The van der Waals surface area contributed by atoms with Gasteiger partial charge >= 0.3 is 0 Å². The molecule has 0 unspecified atom stereocenters. The van der Waals surface area contributed by atoms with Crippen molar-refractivity contribution >= 4 is 55.0 Å². The molecule has 0 aliphatic carbocycles. The normalized spacial score (nSPS) is 12.6. The summed E-state index contributed by atoms with van der Waals surface area (Å²) < 4.78 is 2.24. The maximum Gasteiger partial charge on any atom is 0.0537 e. The Morgan fingerprint density at radius 1 is 1.00 bits per heavy atom. The third-order valence-electron chi connectivity index (χ3n) is 2.39. The minimum Gasteiger partial charge on any atom is -0.354 e. The van der Waals surface area contributed by atoms with Crippen molar-refractivity contribution < 1.29 is 0 Å². The van der Waals surface area contributed by atoms with Crippen LogP contribution in [-0.4, -0.2) is 0 Å². The van der Waals surface area contributed by atoms with Gasteiger partial charge in [0.15, 0.2) is 0 Å². The standard InChI is InChI=1S/C12H7Br2NS/c13-7-4-5-9-11(6-7)16-12-8(14)2-1-3-10(12)15-9/h1-6,15H. The number of benzene rings is 2. The van der Waals surface area contributed by atoms with E-state index < -0.39 is 0 Å². The van der Waals surface area contributed by atoms with Crippen LogP contribution in [0.3, 0.4) is 0 Å². The fourth-order valence-electron chi connectivity index (χ4n) is 1.65. The van der Waals surface area contributed by atoms with E-state index in [1.54, 1.807) is 11.8 Å². The largest absolute Gasteiger partial charge is 0.354 e. The molecule has 0 fully saturated rings. The second-order valence-corrected chi connectivity index (χ2v) is 6.31. The Balaban J connectivity index is 2.13. The minimum absolute atomic E-state index is 1.11. The lowest BCUT2D eigenvalue weighted by Crippen LogP contribution is -1.99. The topological polar surface area (TPSA) is 12.0 Å². The van der Waals surface area contributed by atoms with E-state index in [1.165, 1.54) is 15.5 Å². The molecule has 0 saturated heterocycles. The van der Waals surface area contributed by atoms with Crippen LogP contribution < -0.4 is 5.32 Å². The van der Waals surface area contributed by atoms with Gasteiger partial charge in [-0.3, -0.25) is 0 Å². The molecule has 0 amide bonds. The van der Waals surface area contributed by atoms with E-state index in [4.69, 9.17) is 0 Å². The highest BCUT2D eigenvalue weighted by Gasteiger charge is 2.17. The SMILES string of the molecule is Brc1ccc2c(c1)Sc1c(Br)cccc1N2. The van der Waals surface area contributed by atoms with Crippen LogP contribution in [0.15, 0.2) is 55.1 Å². The summed E-state index contributed by atoms with van der Waals surface area (Å²) in [4.78, 5) is 2.49. The van der Waals surface area contributed by atoms with Crippen LogP contribution in [0.1, 0.15) is 0 Å². The monoisotopic (exact) mass is 355 g/mol. The van der Waals surface area contributed by atoms with Gasteiger partial charge in [-0.15, -0.1) is 0 Å². The van der Waals surface area contributed by atoms with Crippen LogP contribution in [0.4, 0.5) is 11.4 Å². The van der Waals surface area contributed by atoms with Gasteiger partial charge in [-0.25, -0.2) is 0 Å². The van der Waals surface area contributed by atoms with E-state index in [0.717, 1.165) is 14.6 Å². The van der Waals surface area contributed by atoms with Crippen LogP contribution in [-0.2, 0) is 0 Å². The molecule has 0 atom stereocenters. The maximum atomic E-state index is 3.58. The van der Waals surface area contributed by atoms with Gasteiger partial charge in [0.05, 0.1) is 11.4 Å². The zero-order chi connectivity index (χ0) is 11.1. The van der Waals surface area contributed by atoms with Crippen molar-refractivity contribution in [1.29, 1.82) is 0 Å². The summed E-state index contributed by atoms with van der Waals surface area (Å²) >= 11 is 8.86. The quantitative estimate of drug-likeness (QED) is 0.577. The van der Waals surface area contributed by atoms with Gasteiger partial charge in [0, 0.05) is 18.7 Å². The van der Waals surface area contributed by atoms with Crippen LogP contribution in [0, 0.1) is 0 Å². The Kier molecular flexibility index (Phi) is 2.73. The molecule has 3 rings (SSSR count). The molecule has 0 bridgehead atoms. The Labute approximate surface area is 115 Å². The molecule has 0 spiro atoms. The van der Waals surface area contributed by atoms with Crippen molar-refractivity contribution in [3.05, 3.63) is 45.3 Å². The molecule has 0 aromatic heterocycles. The van der Waals surface area contributed by atoms with Gasteiger partial charge in [-0.05, 0) is 46.3 Å². The Hall–Kier alpha value is -0.450. The average molecular weight is 357 g/mol. The maximum absolute atomic E-state index is 3.58. The smallest absolute Gasteiger partial charge is 0.0537 e. The minimum atomic E-state index is 1.11. The van der Waals surface area contributed by atoms with Crippen LogP contribution >= 0.6 is 43.6 Å². The third-order valence-corrected chi connectivity index (χ3v) is 5.01. The molecule has 0 radical (unpaired) electrons. The molecule has 0 saturated carbocycles. The molecule has 16 heavy (non-hydrogen) atoms. The summed E-state index contributed by atoms with van der Waals surface area (Å²) in [6, 6.07) is 12.5. The highest BCUT2D eigenvalue weighted by atomic mass is 79.9. The first-order valence-corrected chi connectivity index (χ1v) is 7.17. The van der Waals surface area contributed by atoms with E-state index in [2.05, 4.69) is 67.5 Å². The van der Waals surface area contributed by atoms with Crippen molar-refractivity contribution in [3.63, 3.8) is 0 Å². The summed E-state index contributed by atoms with van der Waals surface area (Å²) in [6.07, 6.45) is 0. The van der Waals surface area contributed by atoms with Crippen molar-refractivity contribution in [3.8, 4) is 0 Å². The summed E-state index contributed by atoms with van der Waals surface area (Å²) in [5.41, 5.74) is 2.33. The highest BCUT2D eigenvalue weighted by molar-refractivity contribution is 9.10. The first kappa shape index (κ1) is 10.7. The Morgan fingerprint density at radius 3 is 2.75 bits per heavy atom. The lowest BCUT2D eigenvalue weighted by molar-refractivity contribution is 1.29. The number of hydrogen-bond acceptors (Lipinski definition) is 2. The van der Waals surface area contributed by atoms with E-state index in [-0.39, 0.29) is 0 Å². The molecule has 2 aromatic carbocycles. The molecule has 4 heteroatoms. The molecule has 1 nitrogen and oxygen atoms in total. The number of fused-ring (bicyclic) bond motifs is 2. The number of rotatable bonds is 0. The first-order valence-electron chi connectivity index (χ1n) is 4.77. The van der Waals surface area contributed by atoms with Crippen molar-refractivity contribution in [2.45, 2.75) is 9.79 Å². The fourth-order valence-corrected chi connectivity index (χ4v) is 3.80. The highest BCUT2D eigenvalue weighted by Crippen LogP contribution is 2.47. The van der Waals surface area contributed by atoms with Gasteiger partial charge in [0.2, 0.25) is 0 Å². The van der Waals surface area contributed by atoms with E-state index in [0.29, 0.717) is 0 Å². The molecule has 1 heterocycles. The summed E-state index contributed by atoms with van der Waals surface area (Å²) in [6.45, 7) is 0. The van der Waals surface area contributed by atoms with Crippen molar-refractivity contribution in [1.82, 2.24) is 0 Å². The molecule has 80 valence electrons. The molecule has 2 aromatic rings. The molecular formula is C12H7Br2NS. The van der Waals surface area contributed by atoms with Gasteiger partial charge in [0.25, 0.3) is 0 Å². The average Bonchev–Trinajstić information content (AvgIpc) is 2.28. The van der Waals surface area contributed by atoms with Gasteiger partial charge < -0.3 is 5.32 Å². The van der Waals surface area contributed by atoms with Gasteiger partial charge in [0.1, 0.15) is 0 Å². The lowest BCUT2D eigenvalue weighted by atomic mass is 10.2. The number of anilines is 2. The van der Waals surface area contributed by atoms with E-state index in [1.807, 2.05) is 6.07 Å². The second-order valence-electron chi connectivity index (χ2n) is 3.48. The molecule has 1 aliphatic heterocycles. The fraction of sp³-hybridized carbons (Fsp3) is 0. The summed E-state index contributed by atoms with van der Waals surface area (Å²) in [5, 5.41) is 3.44. The van der Waals surface area contributed by atoms with Crippen LogP contribution in [0.2, 0.25) is 0 Å². The van der Waals surface area contributed by atoms with E-state index in [9.17, 15) is 0 Å². The van der Waals surface area contributed by atoms with E-state index >= 15 is 0 Å².